The van der Waals surface area contributed by atoms with Gasteiger partial charge in [0.1, 0.15) is 5.78 Å². The van der Waals surface area contributed by atoms with Crippen LogP contribution in [0.2, 0.25) is 0 Å². The van der Waals surface area contributed by atoms with Crippen molar-refractivity contribution in [1.82, 2.24) is 0 Å². The van der Waals surface area contributed by atoms with Crippen LogP contribution >= 0.6 is 0 Å². The fourth-order valence-electron chi connectivity index (χ4n) is 0.643. The van der Waals surface area contributed by atoms with Crippen molar-refractivity contribution in [1.29, 1.82) is 0 Å². The van der Waals surface area contributed by atoms with E-state index in [1.807, 2.05) is 0 Å². The van der Waals surface area contributed by atoms with Crippen molar-refractivity contribution < 1.29 is 44.3 Å². The van der Waals surface area contributed by atoms with Gasteiger partial charge in [0.25, 0.3) is 0 Å². The van der Waals surface area contributed by atoms with Gasteiger partial charge in [-0.2, -0.15) is 0 Å². The van der Waals surface area contributed by atoms with E-state index < -0.39 is 5.97 Å². The molecule has 58 valence electrons. The summed E-state index contributed by atoms with van der Waals surface area (Å²) in [5.41, 5.74) is 0. The van der Waals surface area contributed by atoms with Gasteiger partial charge in [0.15, 0.2) is 0 Å². The van der Waals surface area contributed by atoms with Gasteiger partial charge in [0, 0.05) is 12.4 Å². The van der Waals surface area contributed by atoms with Crippen molar-refractivity contribution in [3.63, 3.8) is 0 Å². The molecule has 0 saturated carbocycles. The molecule has 11 heavy (non-hydrogen) atoms. The predicted molar refractivity (Wildman–Crippen MR) is 34.2 cm³/mol. The number of Topliss-reactive ketones (excluding diaryl/α,β-unsaturated/α-hetero) is 1. The van der Waals surface area contributed by atoms with E-state index in [-0.39, 0.29) is 41.8 Å². The third kappa shape index (κ3) is 13.2. The zero-order valence-electron chi connectivity index (χ0n) is 7.05. The van der Waals surface area contributed by atoms with E-state index in [4.69, 9.17) is 0 Å². The van der Waals surface area contributed by atoms with Gasteiger partial charge in [-0.05, 0) is 26.2 Å². The summed E-state index contributed by atoms with van der Waals surface area (Å²) >= 11 is 0. The van der Waals surface area contributed by atoms with Gasteiger partial charge in [-0.25, -0.2) is 0 Å². The van der Waals surface area contributed by atoms with Crippen molar-refractivity contribution in [2.45, 2.75) is 32.6 Å². The first-order chi connectivity index (χ1) is 4.63. The number of hydrogen-bond donors (Lipinski definition) is 0. The van der Waals surface area contributed by atoms with Crippen LogP contribution in [0, 0.1) is 0 Å². The molecule has 0 spiro atoms. The molecule has 0 aromatic carbocycles. The Labute approximate surface area is 88.5 Å². The first kappa shape index (κ1) is 13.7. The fraction of sp³-hybridized carbons (Fsp3) is 0.714. The maximum absolute atomic E-state index is 10.3. The second kappa shape index (κ2) is 8.24. The number of unbranched alkanes of at least 4 members (excludes halogenated alkanes) is 1. The number of carbonyl (C=O) groups is 2. The Morgan fingerprint density at radius 1 is 1.18 bits per heavy atom. The molecule has 0 N–H and O–H groups in total. The van der Waals surface area contributed by atoms with E-state index in [9.17, 15) is 14.7 Å². The van der Waals surface area contributed by atoms with E-state index >= 15 is 0 Å². The molecule has 0 aromatic rings. The van der Waals surface area contributed by atoms with Gasteiger partial charge < -0.3 is 14.7 Å². The molecule has 0 rings (SSSR count). The van der Waals surface area contributed by atoms with Crippen LogP contribution in [0.15, 0.2) is 0 Å². The van der Waals surface area contributed by atoms with Crippen LogP contribution in [-0.2, 0) is 9.59 Å². The van der Waals surface area contributed by atoms with Crippen molar-refractivity contribution in [2.75, 3.05) is 0 Å². The molecule has 0 fully saturated rings. The molecule has 0 bridgehead atoms. The van der Waals surface area contributed by atoms with Crippen LogP contribution in [0.3, 0.4) is 0 Å². The number of aliphatic carboxylic acids is 1. The second-order valence-electron chi connectivity index (χ2n) is 2.28. The maximum Gasteiger partial charge on any atom is 1.00 e. The minimum absolute atomic E-state index is 0. The first-order valence-electron chi connectivity index (χ1n) is 3.32. The summed E-state index contributed by atoms with van der Waals surface area (Å²) in [5, 5.41) is 9.85. The number of ketones is 1. The summed E-state index contributed by atoms with van der Waals surface area (Å²) in [6.45, 7) is 1.50. The predicted octanol–water partition coefficient (Wildman–Crippen LogP) is -3.11. The van der Waals surface area contributed by atoms with Crippen LogP contribution in [0.4, 0.5) is 0 Å². The molecule has 0 aliphatic carbocycles. The van der Waals surface area contributed by atoms with E-state index in [0.29, 0.717) is 19.3 Å². The molecule has 3 nitrogen and oxygen atoms in total. The van der Waals surface area contributed by atoms with Crippen molar-refractivity contribution in [3.8, 4) is 0 Å². The van der Waals surface area contributed by atoms with Crippen LogP contribution in [0.5, 0.6) is 0 Å². The van der Waals surface area contributed by atoms with Crippen LogP contribution in [0.25, 0.3) is 0 Å². The largest absolute Gasteiger partial charge is 1.00 e. The van der Waals surface area contributed by atoms with E-state index in [1.165, 1.54) is 6.92 Å². The third-order valence-electron chi connectivity index (χ3n) is 1.16. The Kier molecular flexibility index (Phi) is 10.3. The number of carboxylic acids is 1. The molecule has 0 aliphatic rings. The minimum Gasteiger partial charge on any atom is -0.550 e. The van der Waals surface area contributed by atoms with Gasteiger partial charge in [0.05, 0.1) is 0 Å². The van der Waals surface area contributed by atoms with E-state index in [2.05, 4.69) is 0 Å². The molecule has 0 saturated heterocycles. The van der Waals surface area contributed by atoms with Gasteiger partial charge in [-0.1, -0.05) is 0 Å². The van der Waals surface area contributed by atoms with Crippen molar-refractivity contribution >= 4 is 11.8 Å². The van der Waals surface area contributed by atoms with Crippen molar-refractivity contribution in [3.05, 3.63) is 0 Å². The molecule has 0 heterocycles. The zero-order chi connectivity index (χ0) is 7.98. The standard InChI is InChI=1S/C7H12O3.Na/c1-6(8)4-2-3-5-7(9)10;/h2-5H2,1H3,(H,9,10);/q;+1/p-1. The van der Waals surface area contributed by atoms with Crippen LogP contribution < -0.4 is 34.7 Å². The minimum atomic E-state index is -1.04. The van der Waals surface area contributed by atoms with Crippen molar-refractivity contribution in [2.24, 2.45) is 0 Å². The zero-order valence-corrected chi connectivity index (χ0v) is 9.05. The van der Waals surface area contributed by atoms with Gasteiger partial charge >= 0.3 is 29.6 Å². The Bertz CT molecular complexity index is 118. The maximum atomic E-state index is 10.3. The second-order valence-corrected chi connectivity index (χ2v) is 2.28. The topological polar surface area (TPSA) is 57.2 Å². The summed E-state index contributed by atoms with van der Waals surface area (Å²) in [6.07, 6.45) is 1.74. The monoisotopic (exact) mass is 166 g/mol. The normalized spacial score (nSPS) is 8.45. The number of carbonyl (C=O) groups excluding carboxylic acids is 2. The van der Waals surface area contributed by atoms with E-state index in [1.54, 1.807) is 0 Å². The average Bonchev–Trinajstić information content (AvgIpc) is 1.79. The SMILES string of the molecule is CC(=O)CCCCC(=O)[O-].[Na+]. The molecule has 4 heteroatoms. The summed E-state index contributed by atoms with van der Waals surface area (Å²) in [4.78, 5) is 20.2. The molecule has 0 aromatic heterocycles. The molecule has 0 amide bonds. The van der Waals surface area contributed by atoms with Gasteiger partial charge in [-0.3, -0.25) is 0 Å². The Morgan fingerprint density at radius 3 is 2.00 bits per heavy atom. The Hall–Kier alpha value is 0.140. The summed E-state index contributed by atoms with van der Waals surface area (Å²) in [5.74, 6) is -0.929. The molecule has 0 radical (unpaired) electrons. The Morgan fingerprint density at radius 2 is 1.64 bits per heavy atom. The molecule has 0 atom stereocenters. The quantitative estimate of drug-likeness (QED) is 0.321. The average molecular weight is 166 g/mol. The molecular weight excluding hydrogens is 155 g/mol. The number of rotatable bonds is 5. The first-order valence-corrected chi connectivity index (χ1v) is 3.32. The Balaban J connectivity index is 0. The van der Waals surface area contributed by atoms with Gasteiger partial charge in [0.2, 0.25) is 0 Å². The molecule has 0 unspecified atom stereocenters. The van der Waals surface area contributed by atoms with Gasteiger partial charge in [-0.15, -0.1) is 0 Å². The molecular formula is C7H11NaO3. The van der Waals surface area contributed by atoms with Crippen LogP contribution in [-0.4, -0.2) is 11.8 Å². The number of hydrogen-bond acceptors (Lipinski definition) is 3. The summed E-state index contributed by atoms with van der Waals surface area (Å²) in [7, 11) is 0. The summed E-state index contributed by atoms with van der Waals surface area (Å²) in [6, 6.07) is 0. The smallest absolute Gasteiger partial charge is 0.550 e. The summed E-state index contributed by atoms with van der Waals surface area (Å²) < 4.78 is 0. The third-order valence-corrected chi connectivity index (χ3v) is 1.16. The van der Waals surface area contributed by atoms with E-state index in [0.717, 1.165) is 0 Å². The number of carboxylic acid groups (broad SMARTS) is 1. The van der Waals surface area contributed by atoms with Crippen LogP contribution in [0.1, 0.15) is 32.6 Å². The molecule has 0 aliphatic heterocycles. The fourth-order valence-corrected chi connectivity index (χ4v) is 0.643.